The molecule has 9 nitrogen and oxygen atoms in total. The molecule has 0 radical (unpaired) electrons. The van der Waals surface area contributed by atoms with Crippen LogP contribution >= 0.6 is 11.6 Å². The van der Waals surface area contributed by atoms with Crippen LogP contribution < -0.4 is 15.8 Å². The van der Waals surface area contributed by atoms with Crippen molar-refractivity contribution in [2.75, 3.05) is 11.1 Å². The smallest absolute Gasteiger partial charge is 0.280 e. The number of nitrogens with two attached hydrogens (primary N) is 1. The van der Waals surface area contributed by atoms with Crippen molar-refractivity contribution in [3.8, 4) is 17.2 Å². The van der Waals surface area contributed by atoms with Gasteiger partial charge in [0.05, 0.1) is 12.6 Å². The van der Waals surface area contributed by atoms with Gasteiger partial charge < -0.3 is 20.2 Å². The molecule has 2 aromatic heterocycles. The van der Waals surface area contributed by atoms with E-state index in [2.05, 4.69) is 20.6 Å². The Balaban J connectivity index is 1.49. The SMILES string of the molecule is Cc1oc(-c2ccc(OC(C)C)cc2)nc1Cn1nnc(C(=O)Nc2cccc(Cl)c2)c1N. The maximum atomic E-state index is 12.6. The van der Waals surface area contributed by atoms with Crippen LogP contribution in [0, 0.1) is 6.92 Å². The minimum absolute atomic E-state index is 0.0112. The largest absolute Gasteiger partial charge is 0.491 e. The number of carbonyl (C=O) groups is 1. The van der Waals surface area contributed by atoms with Crippen LogP contribution in [0.15, 0.2) is 52.9 Å². The van der Waals surface area contributed by atoms with Crippen molar-refractivity contribution in [3.05, 3.63) is 70.7 Å². The molecule has 0 spiro atoms. The fourth-order valence-electron chi connectivity index (χ4n) is 3.14. The Bertz CT molecular complexity index is 1280. The number of nitrogens with zero attached hydrogens (tertiary/aromatic N) is 4. The Kier molecular flexibility index (Phi) is 6.32. The number of ether oxygens (including phenoxy) is 1. The lowest BCUT2D eigenvalue weighted by Crippen LogP contribution is -2.15. The van der Waals surface area contributed by atoms with E-state index >= 15 is 0 Å². The number of hydrogen-bond donors (Lipinski definition) is 2. The van der Waals surface area contributed by atoms with Gasteiger partial charge in [0.15, 0.2) is 11.5 Å². The third-order valence-corrected chi connectivity index (χ3v) is 4.97. The highest BCUT2D eigenvalue weighted by atomic mass is 35.5. The molecule has 2 heterocycles. The number of aryl methyl sites for hydroxylation is 1. The lowest BCUT2D eigenvalue weighted by Gasteiger charge is -2.09. The van der Waals surface area contributed by atoms with E-state index in [1.165, 1.54) is 4.68 Å². The van der Waals surface area contributed by atoms with E-state index in [0.717, 1.165) is 11.3 Å². The van der Waals surface area contributed by atoms with E-state index < -0.39 is 5.91 Å². The summed E-state index contributed by atoms with van der Waals surface area (Å²) in [7, 11) is 0. The number of halogens is 1. The number of oxazole rings is 1. The minimum Gasteiger partial charge on any atom is -0.491 e. The molecule has 4 rings (SSSR count). The number of anilines is 2. The number of benzene rings is 2. The minimum atomic E-state index is -0.484. The summed E-state index contributed by atoms with van der Waals surface area (Å²) in [5, 5.41) is 11.1. The molecule has 0 unspecified atom stereocenters. The molecule has 4 aromatic rings. The first-order valence-corrected chi connectivity index (χ1v) is 10.7. The fraction of sp³-hybridized carbons (Fsp3) is 0.217. The highest BCUT2D eigenvalue weighted by Gasteiger charge is 2.20. The maximum Gasteiger partial charge on any atom is 0.280 e. The summed E-state index contributed by atoms with van der Waals surface area (Å²) in [6.45, 7) is 5.95. The monoisotopic (exact) mass is 466 g/mol. The van der Waals surface area contributed by atoms with Crippen LogP contribution in [0.3, 0.4) is 0 Å². The third kappa shape index (κ3) is 5.15. The number of hydrogen-bond acceptors (Lipinski definition) is 7. The second kappa shape index (κ2) is 9.33. The molecule has 0 aliphatic rings. The van der Waals surface area contributed by atoms with Gasteiger partial charge in [0, 0.05) is 16.3 Å². The van der Waals surface area contributed by atoms with E-state index in [-0.39, 0.29) is 24.2 Å². The molecule has 3 N–H and O–H groups in total. The second-order valence-corrected chi connectivity index (χ2v) is 8.09. The molecule has 0 bridgehead atoms. The predicted molar refractivity (Wildman–Crippen MR) is 125 cm³/mol. The molecular weight excluding hydrogens is 444 g/mol. The Morgan fingerprint density at radius 1 is 1.24 bits per heavy atom. The van der Waals surface area contributed by atoms with Gasteiger partial charge >= 0.3 is 0 Å². The Labute approximate surface area is 195 Å². The lowest BCUT2D eigenvalue weighted by molar-refractivity contribution is 0.102. The molecule has 33 heavy (non-hydrogen) atoms. The molecule has 0 aliphatic carbocycles. The second-order valence-electron chi connectivity index (χ2n) is 7.66. The van der Waals surface area contributed by atoms with Crippen LogP contribution in [0.1, 0.15) is 35.8 Å². The van der Waals surface area contributed by atoms with Gasteiger partial charge in [-0.25, -0.2) is 9.67 Å². The summed E-state index contributed by atoms with van der Waals surface area (Å²) < 4.78 is 12.9. The average Bonchev–Trinajstić information content (AvgIpc) is 3.31. The van der Waals surface area contributed by atoms with Crippen molar-refractivity contribution in [1.82, 2.24) is 20.0 Å². The van der Waals surface area contributed by atoms with Crippen LogP contribution in [-0.4, -0.2) is 32.0 Å². The predicted octanol–water partition coefficient (Wildman–Crippen LogP) is 4.56. The lowest BCUT2D eigenvalue weighted by atomic mass is 10.2. The molecule has 1 amide bonds. The van der Waals surface area contributed by atoms with E-state index in [9.17, 15) is 4.79 Å². The number of nitrogen functional groups attached to an aromatic ring is 1. The molecule has 10 heteroatoms. The van der Waals surface area contributed by atoms with Crippen molar-refractivity contribution in [2.45, 2.75) is 33.4 Å². The summed E-state index contributed by atoms with van der Waals surface area (Å²) in [4.78, 5) is 17.1. The Hall–Kier alpha value is -3.85. The fourth-order valence-corrected chi connectivity index (χ4v) is 3.33. The van der Waals surface area contributed by atoms with Gasteiger partial charge in [-0.05, 0) is 63.2 Å². The van der Waals surface area contributed by atoms with E-state index in [1.54, 1.807) is 24.3 Å². The van der Waals surface area contributed by atoms with Gasteiger partial charge in [-0.1, -0.05) is 22.9 Å². The van der Waals surface area contributed by atoms with E-state index in [4.69, 9.17) is 26.5 Å². The summed E-state index contributed by atoms with van der Waals surface area (Å²) in [6.07, 6.45) is 0.0945. The van der Waals surface area contributed by atoms with Crippen LogP contribution in [0.5, 0.6) is 5.75 Å². The standard InChI is InChI=1S/C23H23ClN6O3/c1-13(2)32-18-9-7-15(8-10-18)23-27-19(14(3)33-23)12-30-21(25)20(28-29-30)22(31)26-17-6-4-5-16(24)11-17/h4-11,13H,12,25H2,1-3H3,(H,26,31). The summed E-state index contributed by atoms with van der Waals surface area (Å²) in [5.41, 5.74) is 8.12. The summed E-state index contributed by atoms with van der Waals surface area (Å²) >= 11 is 5.96. The number of rotatable bonds is 7. The zero-order valence-corrected chi connectivity index (χ0v) is 19.1. The van der Waals surface area contributed by atoms with Gasteiger partial charge in [-0.15, -0.1) is 5.10 Å². The number of aromatic nitrogens is 4. The first kappa shape index (κ1) is 22.3. The van der Waals surface area contributed by atoms with Crippen molar-refractivity contribution < 1.29 is 13.9 Å². The summed E-state index contributed by atoms with van der Waals surface area (Å²) in [5.74, 6) is 1.50. The highest BCUT2D eigenvalue weighted by Crippen LogP contribution is 2.25. The molecular formula is C23H23ClN6O3. The number of carbonyl (C=O) groups excluding carboxylic acids is 1. The molecule has 0 fully saturated rings. The van der Waals surface area contributed by atoms with Gasteiger partial charge in [-0.3, -0.25) is 4.79 Å². The Morgan fingerprint density at radius 3 is 2.70 bits per heavy atom. The van der Waals surface area contributed by atoms with Gasteiger partial charge in [0.25, 0.3) is 5.91 Å². The quantitative estimate of drug-likeness (QED) is 0.409. The molecule has 0 atom stereocenters. The van der Waals surface area contributed by atoms with Crippen molar-refractivity contribution >= 4 is 29.0 Å². The zero-order chi connectivity index (χ0) is 23.5. The normalized spacial score (nSPS) is 11.1. The Morgan fingerprint density at radius 2 is 2.00 bits per heavy atom. The molecule has 2 aromatic carbocycles. The van der Waals surface area contributed by atoms with Crippen LogP contribution in [0.25, 0.3) is 11.5 Å². The van der Waals surface area contributed by atoms with Crippen LogP contribution in [0.2, 0.25) is 5.02 Å². The summed E-state index contributed by atoms with van der Waals surface area (Å²) in [6, 6.07) is 14.3. The molecule has 0 saturated heterocycles. The first-order chi connectivity index (χ1) is 15.8. The topological polar surface area (TPSA) is 121 Å². The maximum absolute atomic E-state index is 12.6. The van der Waals surface area contributed by atoms with Gasteiger partial charge in [0.2, 0.25) is 5.89 Å². The highest BCUT2D eigenvalue weighted by molar-refractivity contribution is 6.31. The third-order valence-electron chi connectivity index (χ3n) is 4.74. The van der Waals surface area contributed by atoms with Crippen LogP contribution in [-0.2, 0) is 6.54 Å². The first-order valence-electron chi connectivity index (χ1n) is 10.3. The van der Waals surface area contributed by atoms with Crippen molar-refractivity contribution in [2.24, 2.45) is 0 Å². The van der Waals surface area contributed by atoms with Gasteiger partial charge in [0.1, 0.15) is 17.2 Å². The number of nitrogens with one attached hydrogen (secondary N) is 1. The van der Waals surface area contributed by atoms with Crippen molar-refractivity contribution in [3.63, 3.8) is 0 Å². The van der Waals surface area contributed by atoms with E-state index in [0.29, 0.717) is 28.1 Å². The average molecular weight is 467 g/mol. The number of amides is 1. The zero-order valence-electron chi connectivity index (χ0n) is 18.4. The molecule has 170 valence electrons. The van der Waals surface area contributed by atoms with Crippen LogP contribution in [0.4, 0.5) is 11.5 Å². The van der Waals surface area contributed by atoms with E-state index in [1.807, 2.05) is 45.0 Å². The molecule has 0 saturated carbocycles. The molecule has 0 aliphatic heterocycles. The van der Waals surface area contributed by atoms with Gasteiger partial charge in [-0.2, -0.15) is 0 Å². The van der Waals surface area contributed by atoms with Crippen molar-refractivity contribution in [1.29, 1.82) is 0 Å².